The molecule has 5 nitrogen and oxygen atoms in total. The quantitative estimate of drug-likeness (QED) is 0.902. The monoisotopic (exact) mass is 345 g/mol. The van der Waals surface area contributed by atoms with Crippen LogP contribution in [-0.2, 0) is 23.1 Å². The van der Waals surface area contributed by atoms with Gasteiger partial charge in [0.25, 0.3) is 0 Å². The average Bonchev–Trinajstić information content (AvgIpc) is 2.93. The van der Waals surface area contributed by atoms with Crippen LogP contribution >= 0.6 is 22.9 Å². The molecule has 1 aromatic heterocycles. The van der Waals surface area contributed by atoms with E-state index in [0.717, 1.165) is 5.56 Å². The van der Waals surface area contributed by atoms with E-state index in [1.54, 1.807) is 18.5 Å². The summed E-state index contributed by atoms with van der Waals surface area (Å²) in [5.74, 6) is 0. The lowest BCUT2D eigenvalue weighted by molar-refractivity contribution is 0.462. The standard InChI is InChI=1S/C13H16ClN3O2S2/c1-9-10(5-15)3-11(14)4-13(9)21(18,19)17(2)6-12-7-20-8-16-12/h3-4,7-8H,5-6,15H2,1-2H3. The zero-order chi connectivity index (χ0) is 15.6. The summed E-state index contributed by atoms with van der Waals surface area (Å²) in [5, 5.41) is 2.18. The van der Waals surface area contributed by atoms with E-state index in [-0.39, 0.29) is 18.0 Å². The molecule has 21 heavy (non-hydrogen) atoms. The van der Waals surface area contributed by atoms with Crippen LogP contribution in [0.4, 0.5) is 0 Å². The third-order valence-corrected chi connectivity index (χ3v) is 5.99. The minimum Gasteiger partial charge on any atom is -0.326 e. The van der Waals surface area contributed by atoms with E-state index in [4.69, 9.17) is 17.3 Å². The van der Waals surface area contributed by atoms with Crippen LogP contribution in [0.5, 0.6) is 0 Å². The summed E-state index contributed by atoms with van der Waals surface area (Å²) in [6, 6.07) is 3.15. The smallest absolute Gasteiger partial charge is 0.243 e. The van der Waals surface area contributed by atoms with Crippen LogP contribution in [0, 0.1) is 6.92 Å². The highest BCUT2D eigenvalue weighted by atomic mass is 35.5. The van der Waals surface area contributed by atoms with Crippen molar-refractivity contribution in [1.29, 1.82) is 0 Å². The number of rotatable bonds is 5. The molecular weight excluding hydrogens is 330 g/mol. The maximum atomic E-state index is 12.7. The molecule has 0 atom stereocenters. The Morgan fingerprint density at radius 3 is 2.71 bits per heavy atom. The molecule has 0 spiro atoms. The number of nitrogens with two attached hydrogens (primary N) is 1. The van der Waals surface area contributed by atoms with Gasteiger partial charge in [0, 0.05) is 24.0 Å². The molecule has 0 aliphatic heterocycles. The van der Waals surface area contributed by atoms with Crippen molar-refractivity contribution in [2.45, 2.75) is 24.9 Å². The summed E-state index contributed by atoms with van der Waals surface area (Å²) in [6.07, 6.45) is 0. The van der Waals surface area contributed by atoms with Gasteiger partial charge >= 0.3 is 0 Å². The molecule has 2 rings (SSSR count). The average molecular weight is 346 g/mol. The first-order valence-electron chi connectivity index (χ1n) is 6.18. The van der Waals surface area contributed by atoms with Crippen molar-refractivity contribution >= 4 is 33.0 Å². The Bertz CT molecular complexity index is 730. The van der Waals surface area contributed by atoms with Crippen LogP contribution in [-0.4, -0.2) is 24.8 Å². The Balaban J connectivity index is 2.41. The number of hydrogen-bond donors (Lipinski definition) is 1. The molecule has 0 amide bonds. The van der Waals surface area contributed by atoms with Gasteiger partial charge in [0.15, 0.2) is 0 Å². The fourth-order valence-corrected chi connectivity index (χ4v) is 4.27. The zero-order valence-electron chi connectivity index (χ0n) is 11.7. The van der Waals surface area contributed by atoms with Crippen molar-refractivity contribution in [3.05, 3.63) is 44.9 Å². The number of aromatic nitrogens is 1. The minimum absolute atomic E-state index is 0.188. The zero-order valence-corrected chi connectivity index (χ0v) is 14.1. The Morgan fingerprint density at radius 2 is 2.14 bits per heavy atom. The maximum absolute atomic E-state index is 12.7. The van der Waals surface area contributed by atoms with Crippen molar-refractivity contribution < 1.29 is 8.42 Å². The van der Waals surface area contributed by atoms with Gasteiger partial charge in [0.2, 0.25) is 10.0 Å². The largest absolute Gasteiger partial charge is 0.326 e. The Kier molecular flexibility index (Phi) is 5.00. The van der Waals surface area contributed by atoms with E-state index in [2.05, 4.69) is 4.98 Å². The molecule has 2 aromatic rings. The molecule has 0 saturated heterocycles. The third-order valence-electron chi connectivity index (χ3n) is 3.21. The summed E-state index contributed by atoms with van der Waals surface area (Å²) >= 11 is 7.43. The van der Waals surface area contributed by atoms with Crippen molar-refractivity contribution in [2.75, 3.05) is 7.05 Å². The predicted octanol–water partition coefficient (Wildman–Crippen LogP) is 2.38. The van der Waals surface area contributed by atoms with Gasteiger partial charge < -0.3 is 5.73 Å². The lowest BCUT2D eigenvalue weighted by Gasteiger charge is -2.19. The molecule has 0 saturated carbocycles. The first kappa shape index (κ1) is 16.4. The van der Waals surface area contributed by atoms with Crippen LogP contribution in [0.1, 0.15) is 16.8 Å². The predicted molar refractivity (Wildman–Crippen MR) is 84.8 cm³/mol. The summed E-state index contributed by atoms with van der Waals surface area (Å²) in [4.78, 5) is 4.29. The number of sulfonamides is 1. The summed E-state index contributed by atoms with van der Waals surface area (Å²) in [6.45, 7) is 2.20. The van der Waals surface area contributed by atoms with Crippen LogP contribution in [0.3, 0.4) is 0 Å². The molecule has 0 bridgehead atoms. The van der Waals surface area contributed by atoms with Gasteiger partial charge in [-0.1, -0.05) is 11.6 Å². The molecule has 0 unspecified atom stereocenters. The lowest BCUT2D eigenvalue weighted by atomic mass is 10.1. The number of hydrogen-bond acceptors (Lipinski definition) is 5. The second-order valence-electron chi connectivity index (χ2n) is 4.63. The van der Waals surface area contributed by atoms with Crippen molar-refractivity contribution in [3.63, 3.8) is 0 Å². The van der Waals surface area contributed by atoms with Gasteiger partial charge in [-0.05, 0) is 30.2 Å². The van der Waals surface area contributed by atoms with Crippen molar-refractivity contribution in [3.8, 4) is 0 Å². The fraction of sp³-hybridized carbons (Fsp3) is 0.308. The number of thiazole rings is 1. The van der Waals surface area contributed by atoms with E-state index >= 15 is 0 Å². The topological polar surface area (TPSA) is 76.3 Å². The highest BCUT2D eigenvalue weighted by Crippen LogP contribution is 2.27. The fourth-order valence-electron chi connectivity index (χ4n) is 1.98. The summed E-state index contributed by atoms with van der Waals surface area (Å²) in [5.41, 5.74) is 9.38. The molecule has 1 heterocycles. The summed E-state index contributed by atoms with van der Waals surface area (Å²) in [7, 11) is -2.12. The van der Waals surface area contributed by atoms with Gasteiger partial charge in [-0.3, -0.25) is 0 Å². The number of halogens is 1. The highest BCUT2D eigenvalue weighted by Gasteiger charge is 2.25. The van der Waals surface area contributed by atoms with Crippen LogP contribution < -0.4 is 5.73 Å². The molecule has 1 aromatic carbocycles. The van der Waals surface area contributed by atoms with Gasteiger partial charge in [-0.2, -0.15) is 4.31 Å². The van der Waals surface area contributed by atoms with E-state index < -0.39 is 10.0 Å². The molecule has 2 N–H and O–H groups in total. The van der Waals surface area contributed by atoms with Crippen LogP contribution in [0.2, 0.25) is 5.02 Å². The second-order valence-corrected chi connectivity index (χ2v) is 7.80. The molecule has 114 valence electrons. The minimum atomic E-state index is -3.64. The number of nitrogens with zero attached hydrogens (tertiary/aromatic N) is 2. The molecule has 0 radical (unpaired) electrons. The van der Waals surface area contributed by atoms with Crippen molar-refractivity contribution in [2.24, 2.45) is 5.73 Å². The SMILES string of the molecule is Cc1c(CN)cc(Cl)cc1S(=O)(=O)N(C)Cc1cscn1. The molecule has 0 fully saturated rings. The van der Waals surface area contributed by atoms with E-state index in [1.807, 2.05) is 5.38 Å². The van der Waals surface area contributed by atoms with Gasteiger partial charge in [0.05, 0.1) is 22.6 Å². The first-order valence-corrected chi connectivity index (χ1v) is 8.95. The lowest BCUT2D eigenvalue weighted by Crippen LogP contribution is -2.27. The highest BCUT2D eigenvalue weighted by molar-refractivity contribution is 7.89. The maximum Gasteiger partial charge on any atom is 0.243 e. The van der Waals surface area contributed by atoms with Crippen molar-refractivity contribution in [1.82, 2.24) is 9.29 Å². The Hall–Kier alpha value is -0.990. The molecule has 8 heteroatoms. The molecular formula is C13H16ClN3O2S2. The number of benzene rings is 1. The van der Waals surface area contributed by atoms with Crippen LogP contribution in [0.25, 0.3) is 0 Å². The van der Waals surface area contributed by atoms with Gasteiger partial charge in [-0.15, -0.1) is 11.3 Å². The van der Waals surface area contributed by atoms with Gasteiger partial charge in [-0.25, -0.2) is 13.4 Å². The van der Waals surface area contributed by atoms with E-state index in [0.29, 0.717) is 16.3 Å². The molecule has 0 aliphatic carbocycles. The van der Waals surface area contributed by atoms with Crippen LogP contribution in [0.15, 0.2) is 27.9 Å². The Labute approximate surface area is 133 Å². The van der Waals surface area contributed by atoms with E-state index in [1.165, 1.54) is 28.8 Å². The van der Waals surface area contributed by atoms with E-state index in [9.17, 15) is 8.42 Å². The Morgan fingerprint density at radius 1 is 1.43 bits per heavy atom. The first-order chi connectivity index (χ1) is 9.86. The third kappa shape index (κ3) is 3.44. The molecule has 0 aliphatic rings. The van der Waals surface area contributed by atoms with Gasteiger partial charge in [0.1, 0.15) is 0 Å². The summed E-state index contributed by atoms with van der Waals surface area (Å²) < 4.78 is 26.7. The normalized spacial score (nSPS) is 12.0. The second kappa shape index (κ2) is 6.41.